The van der Waals surface area contributed by atoms with E-state index in [9.17, 15) is 0 Å². The van der Waals surface area contributed by atoms with Gasteiger partial charge in [-0.2, -0.15) is 0 Å². The lowest BCUT2D eigenvalue weighted by Gasteiger charge is -2.03. The van der Waals surface area contributed by atoms with Gasteiger partial charge in [0.15, 0.2) is 5.16 Å². The van der Waals surface area contributed by atoms with E-state index in [1.165, 1.54) is 11.8 Å². The first-order chi connectivity index (χ1) is 8.81. The maximum Gasteiger partial charge on any atom is 0.192 e. The molecule has 1 N–H and O–H groups in total. The summed E-state index contributed by atoms with van der Waals surface area (Å²) in [6.07, 6.45) is 3.69. The summed E-state index contributed by atoms with van der Waals surface area (Å²) in [5, 5.41) is 3.82. The number of nitrogens with one attached hydrogen (secondary N) is 1. The molecule has 0 saturated carbocycles. The van der Waals surface area contributed by atoms with Crippen LogP contribution in [0, 0.1) is 0 Å². The Hall–Kier alpha value is -1.59. The molecule has 0 saturated heterocycles. The maximum atomic E-state index is 5.11. The molecule has 0 fully saturated rings. The van der Waals surface area contributed by atoms with Crippen molar-refractivity contribution in [1.82, 2.24) is 15.3 Å². The van der Waals surface area contributed by atoms with Crippen molar-refractivity contribution in [3.8, 4) is 5.75 Å². The fourth-order valence-electron chi connectivity index (χ4n) is 1.44. The zero-order valence-corrected chi connectivity index (χ0v) is 11.2. The second kappa shape index (κ2) is 6.37. The van der Waals surface area contributed by atoms with E-state index < -0.39 is 0 Å². The average molecular weight is 261 g/mol. The fourth-order valence-corrected chi connectivity index (χ4v) is 2.13. The maximum absolute atomic E-state index is 5.11. The molecule has 2 rings (SSSR count). The van der Waals surface area contributed by atoms with E-state index >= 15 is 0 Å². The minimum atomic E-state index is 0.750. The summed E-state index contributed by atoms with van der Waals surface area (Å²) in [5.74, 6) is 0.852. The van der Waals surface area contributed by atoms with E-state index in [2.05, 4.69) is 15.3 Å². The van der Waals surface area contributed by atoms with Crippen molar-refractivity contribution in [2.45, 2.75) is 16.6 Å². The topological polar surface area (TPSA) is 47.0 Å². The third kappa shape index (κ3) is 3.45. The standard InChI is InChI=1S/C13H15N3OS/c1-14-7-10-8-15-13(16-9-10)18-12-5-3-11(17-2)4-6-12/h3-6,8-9,14H,7H2,1-2H3. The van der Waals surface area contributed by atoms with Crippen molar-refractivity contribution >= 4 is 11.8 Å². The number of ether oxygens (including phenoxy) is 1. The van der Waals surface area contributed by atoms with E-state index in [-0.39, 0.29) is 0 Å². The second-order valence-electron chi connectivity index (χ2n) is 3.68. The average Bonchev–Trinajstić information content (AvgIpc) is 2.42. The van der Waals surface area contributed by atoms with E-state index in [1.807, 2.05) is 43.7 Å². The van der Waals surface area contributed by atoms with Crippen LogP contribution < -0.4 is 10.1 Å². The molecule has 0 aliphatic carbocycles. The fraction of sp³-hybridized carbons (Fsp3) is 0.231. The summed E-state index contributed by atoms with van der Waals surface area (Å²) in [7, 11) is 3.56. The minimum absolute atomic E-state index is 0.750. The lowest BCUT2D eigenvalue weighted by atomic mass is 10.3. The third-order valence-electron chi connectivity index (χ3n) is 2.33. The van der Waals surface area contributed by atoms with Crippen LogP contribution in [0.5, 0.6) is 5.75 Å². The Bertz CT molecular complexity index is 485. The number of hydrogen-bond acceptors (Lipinski definition) is 5. The van der Waals surface area contributed by atoms with Gasteiger partial charge in [0.05, 0.1) is 7.11 Å². The molecule has 0 amide bonds. The largest absolute Gasteiger partial charge is 0.497 e. The molecule has 0 spiro atoms. The Balaban J connectivity index is 2.03. The Kier molecular flexibility index (Phi) is 4.55. The van der Waals surface area contributed by atoms with Gasteiger partial charge in [-0.1, -0.05) is 0 Å². The monoisotopic (exact) mass is 261 g/mol. The molecule has 4 nitrogen and oxygen atoms in total. The molecule has 1 heterocycles. The lowest BCUT2D eigenvalue weighted by molar-refractivity contribution is 0.414. The highest BCUT2D eigenvalue weighted by Gasteiger charge is 2.01. The first kappa shape index (κ1) is 12.9. The van der Waals surface area contributed by atoms with Gasteiger partial charge in [-0.3, -0.25) is 0 Å². The number of nitrogens with zero attached hydrogens (tertiary/aromatic N) is 2. The summed E-state index contributed by atoms with van der Waals surface area (Å²) in [5.41, 5.74) is 1.08. The Morgan fingerprint density at radius 2 is 1.83 bits per heavy atom. The first-order valence-corrected chi connectivity index (χ1v) is 6.41. The molecule has 5 heteroatoms. The molecule has 94 valence electrons. The molecule has 0 aliphatic rings. The molecule has 0 bridgehead atoms. The number of aromatic nitrogens is 2. The van der Waals surface area contributed by atoms with Crippen LogP contribution in [0.15, 0.2) is 46.7 Å². The van der Waals surface area contributed by atoms with Crippen LogP contribution in [0.3, 0.4) is 0 Å². The Labute approximate surface area is 111 Å². The highest BCUT2D eigenvalue weighted by Crippen LogP contribution is 2.25. The molecule has 1 aromatic heterocycles. The zero-order valence-electron chi connectivity index (χ0n) is 10.4. The van der Waals surface area contributed by atoms with Gasteiger partial charge >= 0.3 is 0 Å². The van der Waals surface area contributed by atoms with Gasteiger partial charge in [0, 0.05) is 29.4 Å². The zero-order chi connectivity index (χ0) is 12.8. The van der Waals surface area contributed by atoms with Crippen molar-refractivity contribution in [1.29, 1.82) is 0 Å². The molecular formula is C13H15N3OS. The molecular weight excluding hydrogens is 246 g/mol. The SMILES string of the molecule is CNCc1cnc(Sc2ccc(OC)cc2)nc1. The number of rotatable bonds is 5. The second-order valence-corrected chi connectivity index (χ2v) is 4.72. The molecule has 1 aromatic carbocycles. The number of benzene rings is 1. The van der Waals surface area contributed by atoms with Crippen LogP contribution in [0.25, 0.3) is 0 Å². The van der Waals surface area contributed by atoms with Gasteiger partial charge in [0.1, 0.15) is 5.75 Å². The smallest absolute Gasteiger partial charge is 0.192 e. The predicted molar refractivity (Wildman–Crippen MR) is 71.9 cm³/mol. The predicted octanol–water partition coefficient (Wildman–Crippen LogP) is 2.36. The summed E-state index contributed by atoms with van der Waals surface area (Å²) in [6, 6.07) is 7.85. The van der Waals surface area contributed by atoms with Crippen molar-refractivity contribution in [3.63, 3.8) is 0 Å². The van der Waals surface area contributed by atoms with Crippen molar-refractivity contribution in [2.24, 2.45) is 0 Å². The van der Waals surface area contributed by atoms with E-state index in [0.717, 1.165) is 27.9 Å². The summed E-state index contributed by atoms with van der Waals surface area (Å²) in [6.45, 7) is 0.785. The summed E-state index contributed by atoms with van der Waals surface area (Å²) < 4.78 is 5.11. The Morgan fingerprint density at radius 1 is 1.17 bits per heavy atom. The molecule has 0 atom stereocenters. The van der Waals surface area contributed by atoms with Crippen LogP contribution >= 0.6 is 11.8 Å². The van der Waals surface area contributed by atoms with Crippen LogP contribution in [0.1, 0.15) is 5.56 Å². The van der Waals surface area contributed by atoms with E-state index in [1.54, 1.807) is 7.11 Å². The molecule has 0 aliphatic heterocycles. The van der Waals surface area contributed by atoms with Crippen LogP contribution in [0.2, 0.25) is 0 Å². The normalized spacial score (nSPS) is 10.3. The lowest BCUT2D eigenvalue weighted by Crippen LogP contribution is -2.05. The van der Waals surface area contributed by atoms with Crippen LogP contribution in [-0.2, 0) is 6.54 Å². The van der Waals surface area contributed by atoms with Gasteiger partial charge in [0.2, 0.25) is 0 Å². The molecule has 0 unspecified atom stereocenters. The van der Waals surface area contributed by atoms with Gasteiger partial charge in [-0.25, -0.2) is 9.97 Å². The van der Waals surface area contributed by atoms with Gasteiger partial charge < -0.3 is 10.1 Å². The summed E-state index contributed by atoms with van der Waals surface area (Å²) >= 11 is 1.54. The van der Waals surface area contributed by atoms with Crippen molar-refractivity contribution in [2.75, 3.05) is 14.2 Å². The molecule has 18 heavy (non-hydrogen) atoms. The van der Waals surface area contributed by atoms with Gasteiger partial charge in [-0.15, -0.1) is 0 Å². The molecule has 2 aromatic rings. The number of methoxy groups -OCH3 is 1. The Morgan fingerprint density at radius 3 is 2.39 bits per heavy atom. The van der Waals surface area contributed by atoms with Gasteiger partial charge in [0.25, 0.3) is 0 Å². The van der Waals surface area contributed by atoms with Gasteiger partial charge in [-0.05, 0) is 43.1 Å². The van der Waals surface area contributed by atoms with E-state index in [4.69, 9.17) is 4.74 Å². The highest BCUT2D eigenvalue weighted by molar-refractivity contribution is 7.99. The number of hydrogen-bond donors (Lipinski definition) is 1. The molecule has 0 radical (unpaired) electrons. The third-order valence-corrected chi connectivity index (χ3v) is 3.23. The first-order valence-electron chi connectivity index (χ1n) is 5.59. The van der Waals surface area contributed by atoms with Crippen molar-refractivity contribution in [3.05, 3.63) is 42.2 Å². The van der Waals surface area contributed by atoms with Crippen LogP contribution in [-0.4, -0.2) is 24.1 Å². The van der Waals surface area contributed by atoms with Crippen LogP contribution in [0.4, 0.5) is 0 Å². The quantitative estimate of drug-likeness (QED) is 0.837. The minimum Gasteiger partial charge on any atom is -0.497 e. The summed E-state index contributed by atoms with van der Waals surface area (Å²) in [4.78, 5) is 9.73. The highest BCUT2D eigenvalue weighted by atomic mass is 32.2. The van der Waals surface area contributed by atoms with E-state index in [0.29, 0.717) is 0 Å². The van der Waals surface area contributed by atoms with Crippen molar-refractivity contribution < 1.29 is 4.74 Å².